The fraction of sp³-hybridized carbons (Fsp3) is 0.571. The predicted octanol–water partition coefficient (Wildman–Crippen LogP) is 2.91. The average Bonchev–Trinajstić information content (AvgIpc) is 3.14. The number of aromatic nitrogens is 3. The molecule has 1 aromatic carbocycles. The number of para-hydroxylation sites is 1. The summed E-state index contributed by atoms with van der Waals surface area (Å²) in [4.78, 5) is 9.19. The minimum atomic E-state index is -0.358. The van der Waals surface area contributed by atoms with Crippen LogP contribution in [-0.4, -0.2) is 53.1 Å². The molecule has 3 rings (SSSR count). The molecule has 1 aromatic heterocycles. The second-order valence-corrected chi connectivity index (χ2v) is 7.24. The number of aliphatic imine (C=N–C) groups is 1. The molecule has 1 aliphatic heterocycles. The Balaban J connectivity index is 0.00000341. The van der Waals surface area contributed by atoms with Crippen LogP contribution in [0.2, 0.25) is 0 Å². The third-order valence-electron chi connectivity index (χ3n) is 4.90. The molecule has 8 nitrogen and oxygen atoms in total. The average molecular weight is 546 g/mol. The van der Waals surface area contributed by atoms with Gasteiger partial charge < -0.3 is 20.1 Å². The Labute approximate surface area is 200 Å². The topological polar surface area (TPSA) is 85.6 Å². The van der Waals surface area contributed by atoms with Gasteiger partial charge in [-0.05, 0) is 31.9 Å². The zero-order valence-corrected chi connectivity index (χ0v) is 20.6. The van der Waals surface area contributed by atoms with Crippen LogP contribution in [0.15, 0.2) is 29.3 Å². The van der Waals surface area contributed by atoms with Gasteiger partial charge in [-0.1, -0.05) is 19.1 Å². The first kappa shape index (κ1) is 25.3. The number of aryl methyl sites for hydroxylation is 1. The number of rotatable bonds is 9. The highest BCUT2D eigenvalue weighted by Crippen LogP contribution is 2.18. The summed E-state index contributed by atoms with van der Waals surface area (Å²) in [6.07, 6.45) is 2.31. The van der Waals surface area contributed by atoms with Gasteiger partial charge >= 0.3 is 0 Å². The number of nitrogens with one attached hydrogen (secondary N) is 2. The lowest BCUT2D eigenvalue weighted by atomic mass is 10.1. The Kier molecular flexibility index (Phi) is 10.4. The first-order chi connectivity index (χ1) is 14.6. The molecule has 0 bridgehead atoms. The number of benzene rings is 1. The van der Waals surface area contributed by atoms with Crippen molar-refractivity contribution in [3.8, 4) is 5.75 Å². The van der Waals surface area contributed by atoms with Gasteiger partial charge in [-0.25, -0.2) is 19.0 Å². The Morgan fingerprint density at radius 2 is 2.16 bits per heavy atom. The summed E-state index contributed by atoms with van der Waals surface area (Å²) < 4.78 is 26.8. The fourth-order valence-corrected chi connectivity index (χ4v) is 3.34. The fourth-order valence-electron chi connectivity index (χ4n) is 3.34. The van der Waals surface area contributed by atoms with Crippen LogP contribution in [0.4, 0.5) is 4.39 Å². The Morgan fingerprint density at radius 3 is 2.87 bits per heavy atom. The second-order valence-electron chi connectivity index (χ2n) is 7.24. The highest BCUT2D eigenvalue weighted by Gasteiger charge is 2.22. The van der Waals surface area contributed by atoms with Crippen LogP contribution in [0, 0.1) is 5.82 Å². The predicted molar refractivity (Wildman–Crippen MR) is 128 cm³/mol. The van der Waals surface area contributed by atoms with Crippen molar-refractivity contribution in [2.75, 3.05) is 20.2 Å². The van der Waals surface area contributed by atoms with E-state index in [0.29, 0.717) is 19.0 Å². The van der Waals surface area contributed by atoms with Crippen molar-refractivity contribution < 1.29 is 13.9 Å². The summed E-state index contributed by atoms with van der Waals surface area (Å²) in [7, 11) is 1.64. The van der Waals surface area contributed by atoms with Crippen molar-refractivity contribution in [1.82, 2.24) is 25.4 Å². The van der Waals surface area contributed by atoms with E-state index in [1.165, 1.54) is 6.07 Å². The molecular formula is C21H32FIN6O2. The number of hydrogen-bond acceptors (Lipinski definition) is 5. The molecule has 2 atom stereocenters. The van der Waals surface area contributed by atoms with Gasteiger partial charge in [0.1, 0.15) is 18.5 Å². The largest absolute Gasteiger partial charge is 0.485 e. The van der Waals surface area contributed by atoms with E-state index in [0.717, 1.165) is 44.1 Å². The molecule has 10 heteroatoms. The van der Waals surface area contributed by atoms with Crippen LogP contribution in [0.5, 0.6) is 5.75 Å². The molecule has 0 spiro atoms. The van der Waals surface area contributed by atoms with Gasteiger partial charge in [0.25, 0.3) is 0 Å². The molecule has 2 heterocycles. The first-order valence-electron chi connectivity index (χ1n) is 10.5. The maximum absolute atomic E-state index is 13.9. The van der Waals surface area contributed by atoms with Gasteiger partial charge in [-0.2, -0.15) is 5.10 Å². The van der Waals surface area contributed by atoms with Crippen LogP contribution in [0.1, 0.15) is 38.3 Å². The molecule has 2 N–H and O–H groups in total. The SMILES string of the molecule is CCNC(=NCC(CC)Oc1ccccc1F)NC1CCc2nc(COC)nn2C1.I. The molecule has 0 amide bonds. The van der Waals surface area contributed by atoms with Gasteiger partial charge in [-0.15, -0.1) is 24.0 Å². The summed E-state index contributed by atoms with van der Waals surface area (Å²) in [6, 6.07) is 6.65. The summed E-state index contributed by atoms with van der Waals surface area (Å²) >= 11 is 0. The zero-order chi connectivity index (χ0) is 21.3. The Hall–Kier alpha value is -1.95. The van der Waals surface area contributed by atoms with Crippen molar-refractivity contribution in [1.29, 1.82) is 0 Å². The molecule has 0 aliphatic carbocycles. The smallest absolute Gasteiger partial charge is 0.191 e. The number of ether oxygens (including phenoxy) is 2. The maximum Gasteiger partial charge on any atom is 0.191 e. The summed E-state index contributed by atoms with van der Waals surface area (Å²) in [5.74, 6) is 2.33. The van der Waals surface area contributed by atoms with Crippen molar-refractivity contribution in [3.63, 3.8) is 0 Å². The molecule has 0 saturated carbocycles. The lowest BCUT2D eigenvalue weighted by molar-refractivity contribution is 0.177. The molecule has 2 aromatic rings. The highest BCUT2D eigenvalue weighted by molar-refractivity contribution is 14.0. The summed E-state index contributed by atoms with van der Waals surface area (Å²) in [5, 5.41) is 11.3. The van der Waals surface area contributed by atoms with Gasteiger partial charge in [0.15, 0.2) is 23.4 Å². The monoisotopic (exact) mass is 546 g/mol. The van der Waals surface area contributed by atoms with E-state index in [4.69, 9.17) is 9.47 Å². The number of nitrogens with zero attached hydrogens (tertiary/aromatic N) is 4. The minimum absolute atomic E-state index is 0. The number of methoxy groups -OCH3 is 1. The maximum atomic E-state index is 13.9. The molecule has 172 valence electrons. The van der Waals surface area contributed by atoms with Crippen molar-refractivity contribution in [2.24, 2.45) is 4.99 Å². The van der Waals surface area contributed by atoms with E-state index in [2.05, 4.69) is 25.7 Å². The van der Waals surface area contributed by atoms with Crippen LogP contribution < -0.4 is 15.4 Å². The van der Waals surface area contributed by atoms with E-state index >= 15 is 0 Å². The third kappa shape index (κ3) is 7.30. The zero-order valence-electron chi connectivity index (χ0n) is 18.3. The number of fused-ring (bicyclic) bond motifs is 1. The summed E-state index contributed by atoms with van der Waals surface area (Å²) in [6.45, 7) is 6.35. The number of guanidine groups is 1. The molecule has 2 unspecified atom stereocenters. The third-order valence-corrected chi connectivity index (χ3v) is 4.90. The van der Waals surface area contributed by atoms with Crippen LogP contribution in [-0.2, 0) is 24.3 Å². The van der Waals surface area contributed by atoms with E-state index in [9.17, 15) is 4.39 Å². The van der Waals surface area contributed by atoms with E-state index in [1.54, 1.807) is 25.3 Å². The van der Waals surface area contributed by atoms with Gasteiger partial charge in [0.05, 0.1) is 13.1 Å². The van der Waals surface area contributed by atoms with Gasteiger partial charge in [0.2, 0.25) is 0 Å². The van der Waals surface area contributed by atoms with E-state index in [1.807, 2.05) is 18.5 Å². The van der Waals surface area contributed by atoms with E-state index in [-0.39, 0.29) is 47.7 Å². The van der Waals surface area contributed by atoms with Crippen molar-refractivity contribution >= 4 is 29.9 Å². The molecule has 0 fully saturated rings. The van der Waals surface area contributed by atoms with Gasteiger partial charge in [0, 0.05) is 26.1 Å². The Morgan fingerprint density at radius 1 is 1.35 bits per heavy atom. The number of hydrogen-bond donors (Lipinski definition) is 2. The molecule has 1 aliphatic rings. The van der Waals surface area contributed by atoms with Crippen molar-refractivity contribution in [2.45, 2.75) is 58.4 Å². The number of halogens is 2. The van der Waals surface area contributed by atoms with Crippen LogP contribution in [0.3, 0.4) is 0 Å². The Bertz CT molecular complexity index is 847. The molecule has 0 saturated heterocycles. The molecule has 31 heavy (non-hydrogen) atoms. The molecule has 0 radical (unpaired) electrons. The first-order valence-corrected chi connectivity index (χ1v) is 10.5. The second kappa shape index (κ2) is 12.8. The normalized spacial score (nSPS) is 16.8. The standard InChI is InChI=1S/C21H31FN6O2.HI/c1-4-16(30-18-9-7-6-8-17(18)22)12-24-21(23-5-2)25-15-10-11-20-26-19(14-29-3)27-28(20)13-15;/h6-9,15-16H,4-5,10-14H2,1-3H3,(H2,23,24,25);1H. The minimum Gasteiger partial charge on any atom is -0.485 e. The van der Waals surface area contributed by atoms with Gasteiger partial charge in [-0.3, -0.25) is 0 Å². The lowest BCUT2D eigenvalue weighted by Crippen LogP contribution is -2.47. The summed E-state index contributed by atoms with van der Waals surface area (Å²) in [5.41, 5.74) is 0. The molecular weight excluding hydrogens is 514 g/mol. The lowest BCUT2D eigenvalue weighted by Gasteiger charge is -2.25. The highest BCUT2D eigenvalue weighted by atomic mass is 127. The quantitative estimate of drug-likeness (QED) is 0.286. The van der Waals surface area contributed by atoms with Crippen LogP contribution >= 0.6 is 24.0 Å². The van der Waals surface area contributed by atoms with Crippen molar-refractivity contribution in [3.05, 3.63) is 41.7 Å². The van der Waals surface area contributed by atoms with E-state index < -0.39 is 0 Å². The van der Waals surface area contributed by atoms with Crippen LogP contribution in [0.25, 0.3) is 0 Å².